The summed E-state index contributed by atoms with van der Waals surface area (Å²) in [6, 6.07) is 3.66. The quantitative estimate of drug-likeness (QED) is 0.657. The van der Waals surface area contributed by atoms with Crippen LogP contribution in [0.5, 0.6) is 5.75 Å². The number of amides is 1. The minimum absolute atomic E-state index is 0.0312. The van der Waals surface area contributed by atoms with Gasteiger partial charge in [-0.15, -0.1) is 10.2 Å². The molecule has 1 aromatic carbocycles. The van der Waals surface area contributed by atoms with Gasteiger partial charge in [0.25, 0.3) is 5.91 Å². The van der Waals surface area contributed by atoms with E-state index in [9.17, 15) is 23.5 Å². The number of carbonyl (C=O) groups excluding carboxylic acids is 1. The number of hydrogen-bond donors (Lipinski definition) is 1. The smallest absolute Gasteiger partial charge is 0.275 e. The summed E-state index contributed by atoms with van der Waals surface area (Å²) in [6.07, 6.45) is 1.67. The first-order valence-corrected chi connectivity index (χ1v) is 11.2. The van der Waals surface area contributed by atoms with E-state index in [2.05, 4.69) is 17.1 Å². The van der Waals surface area contributed by atoms with E-state index in [4.69, 9.17) is 0 Å². The zero-order chi connectivity index (χ0) is 22.1. The Morgan fingerprint density at radius 1 is 1.25 bits per heavy atom. The lowest BCUT2D eigenvalue weighted by atomic mass is 10.0. The summed E-state index contributed by atoms with van der Waals surface area (Å²) < 4.78 is 28.8. The lowest BCUT2D eigenvalue weighted by Crippen LogP contribution is -2.45. The lowest BCUT2D eigenvalue weighted by molar-refractivity contribution is 0.0649. The SMILES string of the molecule is C[C@@]12C3[C@@H]1[C@@H]2[C@H]1Cn2cc(-c4nnc(Cc5ccc(F)cc5F)s4)c(=O)c(O)c2C(=O)N31. The Morgan fingerprint density at radius 2 is 2.03 bits per heavy atom. The number of hydrogen-bond acceptors (Lipinski definition) is 6. The van der Waals surface area contributed by atoms with Crippen molar-refractivity contribution in [3.63, 3.8) is 0 Å². The van der Waals surface area contributed by atoms with Crippen LogP contribution in [0.4, 0.5) is 8.78 Å². The second-order valence-corrected chi connectivity index (χ2v) is 10.3. The Bertz CT molecular complexity index is 1440. The maximum Gasteiger partial charge on any atom is 0.275 e. The van der Waals surface area contributed by atoms with Crippen molar-refractivity contribution in [1.82, 2.24) is 19.7 Å². The van der Waals surface area contributed by atoms with Crippen molar-refractivity contribution in [2.75, 3.05) is 0 Å². The van der Waals surface area contributed by atoms with Gasteiger partial charge in [-0.3, -0.25) is 9.59 Å². The van der Waals surface area contributed by atoms with Gasteiger partial charge in [0.2, 0.25) is 5.43 Å². The molecule has 10 heteroatoms. The van der Waals surface area contributed by atoms with Crippen molar-refractivity contribution in [1.29, 1.82) is 0 Å². The largest absolute Gasteiger partial charge is 0.503 e. The molecule has 5 aliphatic rings. The van der Waals surface area contributed by atoms with Crippen molar-refractivity contribution in [2.45, 2.75) is 32.0 Å². The fourth-order valence-corrected chi connectivity index (χ4v) is 7.03. The van der Waals surface area contributed by atoms with Gasteiger partial charge in [-0.2, -0.15) is 0 Å². The van der Waals surface area contributed by atoms with Gasteiger partial charge in [0.15, 0.2) is 16.5 Å². The summed E-state index contributed by atoms with van der Waals surface area (Å²) in [5.41, 5.74) is -0.0148. The minimum Gasteiger partial charge on any atom is -0.503 e. The van der Waals surface area contributed by atoms with Gasteiger partial charge in [-0.05, 0) is 28.9 Å². The first kappa shape index (κ1) is 18.4. The second-order valence-electron chi connectivity index (χ2n) is 9.28. The molecule has 5 heterocycles. The molecular weight excluding hydrogens is 438 g/mol. The monoisotopic (exact) mass is 454 g/mol. The van der Waals surface area contributed by atoms with Crippen LogP contribution in [0.1, 0.15) is 28.0 Å². The topological polar surface area (TPSA) is 88.3 Å². The molecule has 2 saturated heterocycles. The number of piperidine rings is 1. The van der Waals surface area contributed by atoms with Gasteiger partial charge in [-0.1, -0.05) is 24.3 Å². The van der Waals surface area contributed by atoms with Crippen LogP contribution >= 0.6 is 11.3 Å². The molecule has 7 nitrogen and oxygen atoms in total. The van der Waals surface area contributed by atoms with E-state index in [1.54, 1.807) is 10.8 Å². The molecule has 0 spiro atoms. The standard InChI is InChI=1S/C22H16F2N4O3S/c1-22-14-12-7-27-6-10(17(29)18(30)16(27)21(31)28(12)19(22)15(14)22)20-26-25-13(32-20)4-8-2-3-9(23)5-11(8)24/h2-3,5-6,12,14-15,19,30H,4,7H2,1H3/t12-,14+,15+,19?,22+/m1/s1. The van der Waals surface area contributed by atoms with Gasteiger partial charge in [0.05, 0.1) is 11.6 Å². The number of carbonyl (C=O) groups is 1. The molecule has 2 saturated carbocycles. The van der Waals surface area contributed by atoms with E-state index in [0.717, 1.165) is 17.4 Å². The van der Waals surface area contributed by atoms with Crippen LogP contribution in [-0.2, 0) is 13.0 Å². The maximum absolute atomic E-state index is 14.0. The lowest BCUT2D eigenvalue weighted by Gasteiger charge is -2.32. The van der Waals surface area contributed by atoms with Crippen molar-refractivity contribution >= 4 is 17.2 Å². The third-order valence-electron chi connectivity index (χ3n) is 7.79. The van der Waals surface area contributed by atoms with Crippen LogP contribution < -0.4 is 5.43 Å². The van der Waals surface area contributed by atoms with Gasteiger partial charge in [-0.25, -0.2) is 8.78 Å². The van der Waals surface area contributed by atoms with Crippen molar-refractivity contribution in [3.05, 3.63) is 62.5 Å². The normalized spacial score (nSPS) is 30.7. The van der Waals surface area contributed by atoms with E-state index in [1.807, 2.05) is 4.90 Å². The number of halogens is 2. The Labute approximate surface area is 183 Å². The molecule has 2 bridgehead atoms. The summed E-state index contributed by atoms with van der Waals surface area (Å²) in [4.78, 5) is 27.9. The highest BCUT2D eigenvalue weighted by Gasteiger charge is 2.93. The molecule has 2 aromatic heterocycles. The third-order valence-corrected chi connectivity index (χ3v) is 8.74. The molecule has 3 aliphatic heterocycles. The fourth-order valence-electron chi connectivity index (χ4n) is 6.16. The average Bonchev–Trinajstić information content (AvgIpc) is 3.27. The molecule has 1 amide bonds. The molecule has 2 aliphatic carbocycles. The molecule has 1 unspecified atom stereocenters. The summed E-state index contributed by atoms with van der Waals surface area (Å²) in [6.45, 7) is 2.73. The molecule has 0 radical (unpaired) electrons. The number of rotatable bonds is 3. The highest BCUT2D eigenvalue weighted by atomic mass is 32.1. The first-order valence-electron chi connectivity index (χ1n) is 10.4. The summed E-state index contributed by atoms with van der Waals surface area (Å²) in [5.74, 6) is -1.15. The predicted octanol–water partition coefficient (Wildman–Crippen LogP) is 2.41. The van der Waals surface area contributed by atoms with Crippen LogP contribution in [0.3, 0.4) is 0 Å². The first-order chi connectivity index (χ1) is 15.3. The van der Waals surface area contributed by atoms with Crippen LogP contribution in [0.2, 0.25) is 0 Å². The van der Waals surface area contributed by atoms with Crippen LogP contribution in [0.15, 0.2) is 29.2 Å². The zero-order valence-electron chi connectivity index (χ0n) is 16.7. The van der Waals surface area contributed by atoms with E-state index < -0.39 is 22.8 Å². The molecule has 32 heavy (non-hydrogen) atoms. The molecule has 5 atom stereocenters. The molecular formula is C22H16F2N4O3S. The summed E-state index contributed by atoms with van der Waals surface area (Å²) >= 11 is 1.10. The van der Waals surface area contributed by atoms with Gasteiger partial charge in [0.1, 0.15) is 16.6 Å². The van der Waals surface area contributed by atoms with Gasteiger partial charge in [0, 0.05) is 31.3 Å². The molecule has 3 aromatic rings. The average molecular weight is 454 g/mol. The van der Waals surface area contributed by atoms with Crippen molar-refractivity contribution < 1.29 is 18.7 Å². The van der Waals surface area contributed by atoms with E-state index >= 15 is 0 Å². The number of benzene rings is 1. The summed E-state index contributed by atoms with van der Waals surface area (Å²) in [7, 11) is 0. The van der Waals surface area contributed by atoms with E-state index in [0.29, 0.717) is 23.4 Å². The molecule has 8 rings (SSSR count). The van der Waals surface area contributed by atoms with Crippen LogP contribution in [0, 0.1) is 28.9 Å². The molecule has 4 fully saturated rings. The maximum atomic E-state index is 14.0. The van der Waals surface area contributed by atoms with Crippen molar-refractivity contribution in [3.8, 4) is 16.3 Å². The number of fused-ring (bicyclic) bond motifs is 1. The number of pyridine rings is 1. The number of aromatic hydroxyl groups is 1. The van der Waals surface area contributed by atoms with E-state index in [-0.39, 0.29) is 51.7 Å². The van der Waals surface area contributed by atoms with Gasteiger partial charge < -0.3 is 14.6 Å². The van der Waals surface area contributed by atoms with Gasteiger partial charge >= 0.3 is 0 Å². The molecule has 162 valence electrons. The molecule has 1 N–H and O–H groups in total. The number of nitrogens with zero attached hydrogens (tertiary/aromatic N) is 4. The second kappa shape index (κ2) is 5.61. The fraction of sp³-hybridized carbons (Fsp3) is 0.364. The Morgan fingerprint density at radius 3 is 2.78 bits per heavy atom. The Hall–Kier alpha value is -3.14. The van der Waals surface area contributed by atoms with Crippen molar-refractivity contribution in [2.24, 2.45) is 17.3 Å². The third kappa shape index (κ3) is 2.08. The van der Waals surface area contributed by atoms with Crippen LogP contribution in [-0.4, -0.2) is 42.8 Å². The number of aromatic nitrogens is 3. The summed E-state index contributed by atoms with van der Waals surface area (Å²) in [5, 5.41) is 19.5. The zero-order valence-corrected chi connectivity index (χ0v) is 17.6. The Balaban J connectivity index is 1.25. The van der Waals surface area contributed by atoms with Crippen LogP contribution in [0.25, 0.3) is 10.6 Å². The highest BCUT2D eigenvalue weighted by Crippen LogP contribution is 2.88. The predicted molar refractivity (Wildman–Crippen MR) is 109 cm³/mol. The van der Waals surface area contributed by atoms with E-state index in [1.165, 1.54) is 12.1 Å². The Kier molecular flexibility index (Phi) is 3.23. The highest BCUT2D eigenvalue weighted by molar-refractivity contribution is 7.14. The minimum atomic E-state index is -0.679.